The number of fused-ring (bicyclic) bond motifs is 1. The van der Waals surface area contributed by atoms with Crippen LogP contribution in [-0.4, -0.2) is 26.7 Å². The highest BCUT2D eigenvalue weighted by Crippen LogP contribution is 2.26. The van der Waals surface area contributed by atoms with Crippen LogP contribution in [0.3, 0.4) is 0 Å². The summed E-state index contributed by atoms with van der Waals surface area (Å²) in [6.07, 6.45) is 5.23. The molecule has 1 atom stereocenters. The van der Waals surface area contributed by atoms with E-state index in [1.165, 1.54) is 17.3 Å². The van der Waals surface area contributed by atoms with Crippen LogP contribution in [0.1, 0.15) is 24.4 Å². The summed E-state index contributed by atoms with van der Waals surface area (Å²) >= 11 is 0. The van der Waals surface area contributed by atoms with Gasteiger partial charge in [0.25, 0.3) is 0 Å². The summed E-state index contributed by atoms with van der Waals surface area (Å²) in [5, 5.41) is 12.6. The quantitative estimate of drug-likeness (QED) is 0.747. The Kier molecular flexibility index (Phi) is 3.20. The summed E-state index contributed by atoms with van der Waals surface area (Å²) < 4.78 is 0. The van der Waals surface area contributed by atoms with Crippen molar-refractivity contribution in [1.29, 1.82) is 0 Å². The van der Waals surface area contributed by atoms with E-state index < -0.39 is 0 Å². The van der Waals surface area contributed by atoms with Gasteiger partial charge in [0.15, 0.2) is 0 Å². The maximum atomic E-state index is 4.27. The molecule has 0 aliphatic rings. The number of rotatable bonds is 4. The van der Waals surface area contributed by atoms with Gasteiger partial charge in [0.2, 0.25) is 0 Å². The lowest BCUT2D eigenvalue weighted by atomic mass is 9.99. The van der Waals surface area contributed by atoms with Crippen molar-refractivity contribution in [1.82, 2.24) is 25.5 Å². The van der Waals surface area contributed by atoms with Crippen molar-refractivity contribution >= 4 is 10.8 Å². The Hall–Kier alpha value is -2.27. The first-order valence-electron chi connectivity index (χ1n) is 6.31. The third-order valence-corrected chi connectivity index (χ3v) is 3.14. The fraction of sp³-hybridized carbons (Fsp3) is 0.214. The van der Waals surface area contributed by atoms with Crippen molar-refractivity contribution < 1.29 is 0 Å². The summed E-state index contributed by atoms with van der Waals surface area (Å²) in [7, 11) is 0. The normalized spacial score (nSPS) is 12.7. The molecular formula is C14H15N5. The molecule has 2 N–H and O–H groups in total. The van der Waals surface area contributed by atoms with Gasteiger partial charge in [0.05, 0.1) is 6.04 Å². The molecule has 1 aromatic carbocycles. The van der Waals surface area contributed by atoms with E-state index in [4.69, 9.17) is 0 Å². The summed E-state index contributed by atoms with van der Waals surface area (Å²) in [6.45, 7) is 2.93. The summed E-state index contributed by atoms with van der Waals surface area (Å²) in [4.78, 5) is 8.44. The Bertz CT molecular complexity index is 657. The van der Waals surface area contributed by atoms with Crippen LogP contribution >= 0.6 is 0 Å². The van der Waals surface area contributed by atoms with E-state index in [-0.39, 0.29) is 6.04 Å². The zero-order chi connectivity index (χ0) is 13.1. The van der Waals surface area contributed by atoms with E-state index in [0.717, 1.165) is 17.8 Å². The van der Waals surface area contributed by atoms with Gasteiger partial charge < -0.3 is 5.32 Å². The van der Waals surface area contributed by atoms with Crippen molar-refractivity contribution in [2.24, 2.45) is 0 Å². The van der Waals surface area contributed by atoms with Crippen LogP contribution in [0.4, 0.5) is 0 Å². The number of nitrogens with zero attached hydrogens (tertiary/aromatic N) is 3. The van der Waals surface area contributed by atoms with Gasteiger partial charge in [-0.25, -0.2) is 4.98 Å². The van der Waals surface area contributed by atoms with Crippen LogP contribution in [0, 0.1) is 0 Å². The van der Waals surface area contributed by atoms with Gasteiger partial charge >= 0.3 is 0 Å². The topological polar surface area (TPSA) is 66.5 Å². The highest BCUT2D eigenvalue weighted by Gasteiger charge is 2.17. The molecule has 2 heterocycles. The third kappa shape index (κ3) is 2.20. The molecule has 2 aromatic heterocycles. The summed E-state index contributed by atoms with van der Waals surface area (Å²) in [6, 6.07) is 8.26. The summed E-state index contributed by atoms with van der Waals surface area (Å²) in [5.74, 6) is 0.825. The molecule has 0 bridgehead atoms. The second-order valence-corrected chi connectivity index (χ2v) is 4.31. The molecular weight excluding hydrogens is 238 g/mol. The van der Waals surface area contributed by atoms with Crippen LogP contribution in [0.25, 0.3) is 10.8 Å². The molecule has 0 fully saturated rings. The van der Waals surface area contributed by atoms with Crippen LogP contribution < -0.4 is 5.32 Å². The van der Waals surface area contributed by atoms with Crippen LogP contribution in [-0.2, 0) is 0 Å². The van der Waals surface area contributed by atoms with E-state index >= 15 is 0 Å². The number of hydrogen-bond donors (Lipinski definition) is 2. The minimum Gasteiger partial charge on any atom is -0.304 e. The van der Waals surface area contributed by atoms with Crippen molar-refractivity contribution in [3.8, 4) is 0 Å². The average molecular weight is 253 g/mol. The number of aromatic amines is 1. The van der Waals surface area contributed by atoms with E-state index in [1.54, 1.807) is 0 Å². The van der Waals surface area contributed by atoms with E-state index in [0.29, 0.717) is 0 Å². The number of hydrogen-bond acceptors (Lipinski definition) is 4. The highest BCUT2D eigenvalue weighted by atomic mass is 15.2. The molecule has 3 aromatic rings. The van der Waals surface area contributed by atoms with Gasteiger partial charge in [-0.05, 0) is 23.6 Å². The molecule has 5 nitrogen and oxygen atoms in total. The lowest BCUT2D eigenvalue weighted by molar-refractivity contribution is 0.603. The lowest BCUT2D eigenvalue weighted by Gasteiger charge is -2.17. The molecule has 1 unspecified atom stereocenters. The molecule has 96 valence electrons. The zero-order valence-electron chi connectivity index (χ0n) is 10.7. The number of pyridine rings is 1. The first kappa shape index (κ1) is 11.8. The Morgan fingerprint density at radius 2 is 2.26 bits per heavy atom. The minimum atomic E-state index is 0.0126. The standard InChI is InChI=1S/C14H15N5/c1-2-16-13(14-17-9-18-19-14)12-5-3-4-10-8-15-7-6-11(10)12/h3-9,13,16H,2H2,1H3,(H,17,18,19). The largest absolute Gasteiger partial charge is 0.304 e. The third-order valence-electron chi connectivity index (χ3n) is 3.14. The molecule has 0 saturated heterocycles. The Morgan fingerprint density at radius 1 is 1.32 bits per heavy atom. The monoisotopic (exact) mass is 253 g/mol. The van der Waals surface area contributed by atoms with Gasteiger partial charge in [0, 0.05) is 17.8 Å². The number of H-pyrrole nitrogens is 1. The Morgan fingerprint density at radius 3 is 3.05 bits per heavy atom. The average Bonchev–Trinajstić information content (AvgIpc) is 2.98. The van der Waals surface area contributed by atoms with Crippen molar-refractivity contribution in [3.63, 3.8) is 0 Å². The highest BCUT2D eigenvalue weighted by molar-refractivity contribution is 5.85. The predicted molar refractivity (Wildman–Crippen MR) is 73.6 cm³/mol. The van der Waals surface area contributed by atoms with Crippen molar-refractivity contribution in [3.05, 3.63) is 54.4 Å². The first-order valence-corrected chi connectivity index (χ1v) is 6.31. The van der Waals surface area contributed by atoms with E-state index in [2.05, 4.69) is 44.5 Å². The fourth-order valence-electron chi connectivity index (χ4n) is 2.31. The smallest absolute Gasteiger partial charge is 0.145 e. The second-order valence-electron chi connectivity index (χ2n) is 4.31. The predicted octanol–water partition coefficient (Wildman–Crippen LogP) is 2.05. The molecule has 0 amide bonds. The number of benzene rings is 1. The van der Waals surface area contributed by atoms with Gasteiger partial charge in [-0.1, -0.05) is 25.1 Å². The maximum Gasteiger partial charge on any atom is 0.145 e. The zero-order valence-corrected chi connectivity index (χ0v) is 10.7. The number of nitrogens with one attached hydrogen (secondary N) is 2. The van der Waals surface area contributed by atoms with E-state index in [1.807, 2.05) is 24.5 Å². The maximum absolute atomic E-state index is 4.27. The molecule has 3 rings (SSSR count). The molecule has 0 spiro atoms. The van der Waals surface area contributed by atoms with Crippen molar-refractivity contribution in [2.45, 2.75) is 13.0 Å². The molecule has 0 aliphatic heterocycles. The summed E-state index contributed by atoms with van der Waals surface area (Å²) in [5.41, 5.74) is 1.18. The molecule has 0 radical (unpaired) electrons. The SMILES string of the molecule is CCNC(c1ncn[nH]1)c1cccc2cnccc12. The minimum absolute atomic E-state index is 0.0126. The van der Waals surface area contributed by atoms with Gasteiger partial charge in [-0.3, -0.25) is 10.1 Å². The van der Waals surface area contributed by atoms with E-state index in [9.17, 15) is 0 Å². The molecule has 19 heavy (non-hydrogen) atoms. The van der Waals surface area contributed by atoms with Gasteiger partial charge in [-0.15, -0.1) is 0 Å². The molecule has 5 heteroatoms. The van der Waals surface area contributed by atoms with Crippen LogP contribution in [0.2, 0.25) is 0 Å². The Balaban J connectivity index is 2.15. The molecule has 0 saturated carbocycles. The lowest BCUT2D eigenvalue weighted by Crippen LogP contribution is -2.23. The first-order chi connectivity index (χ1) is 9.40. The fourth-order valence-corrected chi connectivity index (χ4v) is 2.31. The second kappa shape index (κ2) is 5.16. The number of aromatic nitrogens is 4. The van der Waals surface area contributed by atoms with Gasteiger partial charge in [0.1, 0.15) is 12.2 Å². The van der Waals surface area contributed by atoms with Crippen molar-refractivity contribution in [2.75, 3.05) is 6.54 Å². The van der Waals surface area contributed by atoms with Gasteiger partial charge in [-0.2, -0.15) is 5.10 Å². The molecule has 0 aliphatic carbocycles. The van der Waals surface area contributed by atoms with Crippen LogP contribution in [0.15, 0.2) is 43.0 Å². The Labute approximate surface area is 111 Å². The van der Waals surface area contributed by atoms with Crippen LogP contribution in [0.5, 0.6) is 0 Å².